The molecule has 2 aromatic carbocycles. The van der Waals surface area contributed by atoms with Gasteiger partial charge in [-0.1, -0.05) is 42.5 Å². The van der Waals surface area contributed by atoms with Crippen LogP contribution in [0.25, 0.3) is 10.9 Å². The van der Waals surface area contributed by atoms with Gasteiger partial charge in [-0.25, -0.2) is 9.37 Å². The zero-order chi connectivity index (χ0) is 24.0. The van der Waals surface area contributed by atoms with Gasteiger partial charge in [0.1, 0.15) is 11.5 Å². The molecule has 1 heterocycles. The molecule has 2 aliphatic rings. The molecular formula is C26H23F4N3O. The molecule has 176 valence electrons. The number of nitrogens with one attached hydrogen (secondary N) is 1. The molecule has 1 amide bonds. The molecule has 0 saturated heterocycles. The maximum atomic E-state index is 14.0. The van der Waals surface area contributed by atoms with Crippen molar-refractivity contribution in [1.29, 1.82) is 0 Å². The molecule has 2 aliphatic carbocycles. The summed E-state index contributed by atoms with van der Waals surface area (Å²) in [6, 6.07) is 12.3. The average molecular weight is 469 g/mol. The van der Waals surface area contributed by atoms with Crippen LogP contribution in [0.2, 0.25) is 0 Å². The number of carbonyl (C=O) groups is 1. The average Bonchev–Trinajstić information content (AvgIpc) is 3.60. The van der Waals surface area contributed by atoms with Gasteiger partial charge in [0.15, 0.2) is 0 Å². The number of nitrogens with two attached hydrogens (primary N) is 1. The number of carbonyl (C=O) groups excluding carboxylic acids is 1. The molecule has 1 fully saturated rings. The predicted octanol–water partition coefficient (Wildman–Crippen LogP) is 5.70. The number of nitrogen functional groups attached to an aromatic ring is 1. The Balaban J connectivity index is 1.29. The molecule has 0 radical (unpaired) electrons. The van der Waals surface area contributed by atoms with Crippen LogP contribution in [0.1, 0.15) is 47.9 Å². The van der Waals surface area contributed by atoms with E-state index in [9.17, 15) is 22.4 Å². The fourth-order valence-corrected chi connectivity index (χ4v) is 4.89. The van der Waals surface area contributed by atoms with E-state index in [-0.39, 0.29) is 46.7 Å². The second-order valence-corrected chi connectivity index (χ2v) is 8.99. The van der Waals surface area contributed by atoms with E-state index in [1.807, 2.05) is 18.2 Å². The van der Waals surface area contributed by atoms with Crippen molar-refractivity contribution in [3.8, 4) is 0 Å². The number of anilines is 1. The topological polar surface area (TPSA) is 68.0 Å². The van der Waals surface area contributed by atoms with Crippen LogP contribution < -0.4 is 11.1 Å². The molecule has 5 rings (SSSR count). The maximum Gasteiger partial charge on any atom is 0.433 e. The van der Waals surface area contributed by atoms with Crippen LogP contribution in [0.3, 0.4) is 0 Å². The van der Waals surface area contributed by atoms with Gasteiger partial charge in [-0.3, -0.25) is 4.79 Å². The SMILES string of the molecule is Nc1cc(C(F)(F)F)nc2cccc(C3C=C[C@H](NC(=O)[C@@H]4C[C@H]4c4ccccc4F)CC3)c12. The lowest BCUT2D eigenvalue weighted by atomic mass is 9.85. The zero-order valence-electron chi connectivity index (χ0n) is 18.1. The van der Waals surface area contributed by atoms with Gasteiger partial charge in [-0.2, -0.15) is 13.2 Å². The van der Waals surface area contributed by atoms with Gasteiger partial charge in [0.2, 0.25) is 5.91 Å². The Bertz CT molecular complexity index is 1290. The van der Waals surface area contributed by atoms with E-state index in [0.717, 1.165) is 11.6 Å². The van der Waals surface area contributed by atoms with Crippen molar-refractivity contribution >= 4 is 22.5 Å². The van der Waals surface area contributed by atoms with Crippen LogP contribution in [-0.2, 0) is 11.0 Å². The lowest BCUT2D eigenvalue weighted by Crippen LogP contribution is -2.36. The third-order valence-corrected chi connectivity index (χ3v) is 6.71. The lowest BCUT2D eigenvalue weighted by Gasteiger charge is -2.25. The molecular weight excluding hydrogens is 446 g/mol. The number of hydrogen-bond acceptors (Lipinski definition) is 3. The van der Waals surface area contributed by atoms with E-state index in [4.69, 9.17) is 5.73 Å². The summed E-state index contributed by atoms with van der Waals surface area (Å²) in [5.74, 6) is -0.733. The molecule has 1 unspecified atom stereocenters. The molecule has 1 saturated carbocycles. The molecule has 0 aliphatic heterocycles. The number of nitrogens with zero attached hydrogens (tertiary/aromatic N) is 1. The highest BCUT2D eigenvalue weighted by atomic mass is 19.4. The number of pyridine rings is 1. The van der Waals surface area contributed by atoms with E-state index < -0.39 is 11.9 Å². The lowest BCUT2D eigenvalue weighted by molar-refractivity contribution is -0.140. The number of fused-ring (bicyclic) bond motifs is 1. The van der Waals surface area contributed by atoms with Gasteiger partial charge >= 0.3 is 6.18 Å². The number of allylic oxidation sites excluding steroid dienone is 1. The van der Waals surface area contributed by atoms with Crippen LogP contribution in [0.15, 0.2) is 60.7 Å². The number of amides is 1. The third-order valence-electron chi connectivity index (χ3n) is 6.71. The second kappa shape index (κ2) is 8.42. The number of aromatic nitrogens is 1. The van der Waals surface area contributed by atoms with Crippen molar-refractivity contribution in [2.75, 3.05) is 5.73 Å². The van der Waals surface area contributed by atoms with Crippen molar-refractivity contribution in [2.45, 2.75) is 43.3 Å². The fraction of sp³-hybridized carbons (Fsp3) is 0.308. The first-order chi connectivity index (χ1) is 16.2. The Morgan fingerprint density at radius 3 is 2.50 bits per heavy atom. The van der Waals surface area contributed by atoms with Crippen LogP contribution in [0.5, 0.6) is 0 Å². The van der Waals surface area contributed by atoms with E-state index in [0.29, 0.717) is 30.2 Å². The summed E-state index contributed by atoms with van der Waals surface area (Å²) in [5, 5.41) is 3.56. The third kappa shape index (κ3) is 4.24. The Hall–Kier alpha value is -3.42. The number of alkyl halides is 3. The van der Waals surface area contributed by atoms with Crippen molar-refractivity contribution in [3.05, 3.63) is 83.3 Å². The maximum absolute atomic E-state index is 14.0. The van der Waals surface area contributed by atoms with Crippen molar-refractivity contribution in [1.82, 2.24) is 10.3 Å². The zero-order valence-corrected chi connectivity index (χ0v) is 18.1. The first-order valence-electron chi connectivity index (χ1n) is 11.2. The first-order valence-corrected chi connectivity index (χ1v) is 11.2. The fourth-order valence-electron chi connectivity index (χ4n) is 4.89. The summed E-state index contributed by atoms with van der Waals surface area (Å²) < 4.78 is 53.3. The summed E-state index contributed by atoms with van der Waals surface area (Å²) in [4.78, 5) is 16.4. The molecule has 34 heavy (non-hydrogen) atoms. The van der Waals surface area contributed by atoms with Crippen molar-refractivity contribution < 1.29 is 22.4 Å². The highest BCUT2D eigenvalue weighted by molar-refractivity contribution is 5.94. The number of benzene rings is 2. The molecule has 8 heteroatoms. The van der Waals surface area contributed by atoms with Gasteiger partial charge in [0, 0.05) is 29.0 Å². The Morgan fingerprint density at radius 1 is 1.03 bits per heavy atom. The van der Waals surface area contributed by atoms with Crippen LogP contribution in [0.4, 0.5) is 23.2 Å². The Labute approximate surface area is 193 Å². The largest absolute Gasteiger partial charge is 0.433 e. The number of rotatable bonds is 4. The highest BCUT2D eigenvalue weighted by Crippen LogP contribution is 2.48. The Kier molecular flexibility index (Phi) is 5.54. The van der Waals surface area contributed by atoms with Gasteiger partial charge in [-0.05, 0) is 54.5 Å². The van der Waals surface area contributed by atoms with E-state index >= 15 is 0 Å². The smallest absolute Gasteiger partial charge is 0.398 e. The summed E-state index contributed by atoms with van der Waals surface area (Å²) in [5.41, 5.74) is 6.67. The van der Waals surface area contributed by atoms with Crippen LogP contribution in [-0.4, -0.2) is 16.9 Å². The monoisotopic (exact) mass is 469 g/mol. The summed E-state index contributed by atoms with van der Waals surface area (Å²) in [6.07, 6.45) is 1.31. The normalized spacial score (nSPS) is 24.2. The molecule has 3 aromatic rings. The quantitative estimate of drug-likeness (QED) is 0.381. The molecule has 0 bridgehead atoms. The highest BCUT2D eigenvalue weighted by Gasteiger charge is 2.45. The van der Waals surface area contributed by atoms with E-state index in [2.05, 4.69) is 10.3 Å². The summed E-state index contributed by atoms with van der Waals surface area (Å²) in [6.45, 7) is 0. The molecule has 4 atom stereocenters. The Morgan fingerprint density at radius 2 is 1.79 bits per heavy atom. The van der Waals surface area contributed by atoms with E-state index in [1.165, 1.54) is 12.1 Å². The van der Waals surface area contributed by atoms with Gasteiger partial charge in [-0.15, -0.1) is 0 Å². The number of hydrogen-bond donors (Lipinski definition) is 2. The predicted molar refractivity (Wildman–Crippen MR) is 121 cm³/mol. The van der Waals surface area contributed by atoms with Gasteiger partial charge < -0.3 is 11.1 Å². The molecule has 3 N–H and O–H groups in total. The summed E-state index contributed by atoms with van der Waals surface area (Å²) in [7, 11) is 0. The minimum absolute atomic E-state index is 0.0460. The first kappa shape index (κ1) is 22.4. The molecule has 4 nitrogen and oxygen atoms in total. The standard InChI is InChI=1S/C26H23F4N3O/c27-20-6-2-1-4-17(20)18-12-19(18)25(34)32-15-10-8-14(9-11-15)16-5-3-7-22-24(16)21(31)13-23(33-22)26(28,29)30/h1-8,10,13-15,18-19H,9,11-12H2,(H2,31,33)(H,32,34)/t14?,15-,18-,19+/m0/s1. The van der Waals surface area contributed by atoms with Crippen LogP contribution in [0, 0.1) is 11.7 Å². The minimum atomic E-state index is -4.57. The van der Waals surface area contributed by atoms with Gasteiger partial charge in [0.25, 0.3) is 0 Å². The van der Waals surface area contributed by atoms with E-state index in [1.54, 1.807) is 24.3 Å². The summed E-state index contributed by atoms with van der Waals surface area (Å²) >= 11 is 0. The second-order valence-electron chi connectivity index (χ2n) is 8.99. The van der Waals surface area contributed by atoms with Crippen LogP contribution >= 0.6 is 0 Å². The molecule has 0 spiro atoms. The minimum Gasteiger partial charge on any atom is -0.398 e. The van der Waals surface area contributed by atoms with Crippen molar-refractivity contribution in [3.63, 3.8) is 0 Å². The number of halogens is 4. The molecule has 1 aromatic heterocycles. The van der Waals surface area contributed by atoms with Gasteiger partial charge in [0.05, 0.1) is 5.52 Å². The van der Waals surface area contributed by atoms with Crippen molar-refractivity contribution in [2.24, 2.45) is 5.92 Å².